The lowest BCUT2D eigenvalue weighted by Crippen LogP contribution is -2.37. The van der Waals surface area contributed by atoms with Gasteiger partial charge in [-0.3, -0.25) is 0 Å². The Hall–Kier alpha value is -0.500. The zero-order chi connectivity index (χ0) is 12.5. The van der Waals surface area contributed by atoms with E-state index >= 15 is 0 Å². The van der Waals surface area contributed by atoms with E-state index in [1.165, 1.54) is 5.57 Å². The van der Waals surface area contributed by atoms with Crippen molar-refractivity contribution in [2.24, 2.45) is 5.41 Å². The van der Waals surface area contributed by atoms with E-state index < -0.39 is 0 Å². The lowest BCUT2D eigenvalue weighted by molar-refractivity contribution is 0.360. The second kappa shape index (κ2) is 5.01. The molecule has 0 spiro atoms. The van der Waals surface area contributed by atoms with Crippen molar-refractivity contribution in [3.8, 4) is 0 Å². The van der Waals surface area contributed by atoms with E-state index in [1.54, 1.807) is 0 Å². The monoisotopic (exact) mass is 269 g/mol. The molecule has 1 aromatic carbocycles. The summed E-state index contributed by atoms with van der Waals surface area (Å²) in [6, 6.07) is 5.60. The van der Waals surface area contributed by atoms with Gasteiger partial charge in [0.2, 0.25) is 0 Å². The van der Waals surface area contributed by atoms with E-state index in [0.29, 0.717) is 0 Å². The molecule has 0 unspecified atom stereocenters. The highest BCUT2D eigenvalue weighted by Crippen LogP contribution is 2.34. The number of nitrogens with one attached hydrogen (secondary N) is 1. The van der Waals surface area contributed by atoms with Gasteiger partial charge in [0.25, 0.3) is 0 Å². The van der Waals surface area contributed by atoms with Gasteiger partial charge in [0, 0.05) is 16.6 Å². The molecular weight excluding hydrogens is 253 g/mol. The van der Waals surface area contributed by atoms with E-state index in [1.807, 2.05) is 18.2 Å². The summed E-state index contributed by atoms with van der Waals surface area (Å²) >= 11 is 12.2. The third kappa shape index (κ3) is 3.04. The summed E-state index contributed by atoms with van der Waals surface area (Å²) in [5, 5.41) is 4.91. The number of piperidine rings is 1. The van der Waals surface area contributed by atoms with Crippen molar-refractivity contribution in [1.29, 1.82) is 0 Å². The average Bonchev–Trinajstić information content (AvgIpc) is 2.26. The Morgan fingerprint density at radius 1 is 1.29 bits per heavy atom. The smallest absolute Gasteiger partial charge is 0.0479 e. The molecule has 1 aliphatic rings. The maximum Gasteiger partial charge on any atom is 0.0479 e. The highest BCUT2D eigenvalue weighted by atomic mass is 35.5. The molecule has 0 aromatic heterocycles. The molecule has 3 heteroatoms. The molecule has 0 saturated carbocycles. The predicted molar refractivity (Wildman–Crippen MR) is 75.7 cm³/mol. The van der Waals surface area contributed by atoms with Crippen LogP contribution in [-0.4, -0.2) is 13.1 Å². The molecule has 2 rings (SSSR count). The van der Waals surface area contributed by atoms with Crippen molar-refractivity contribution in [2.75, 3.05) is 13.1 Å². The van der Waals surface area contributed by atoms with Crippen LogP contribution in [0.2, 0.25) is 10.0 Å². The van der Waals surface area contributed by atoms with E-state index in [0.717, 1.165) is 35.1 Å². The topological polar surface area (TPSA) is 12.0 Å². The van der Waals surface area contributed by atoms with Gasteiger partial charge in [-0.1, -0.05) is 48.7 Å². The second-order valence-corrected chi connectivity index (χ2v) is 5.99. The van der Waals surface area contributed by atoms with Gasteiger partial charge in [0.1, 0.15) is 0 Å². The van der Waals surface area contributed by atoms with Crippen LogP contribution >= 0.6 is 23.2 Å². The summed E-state index contributed by atoms with van der Waals surface area (Å²) in [7, 11) is 0. The molecule has 0 bridgehead atoms. The molecule has 1 N–H and O–H groups in total. The van der Waals surface area contributed by atoms with Gasteiger partial charge in [-0.05, 0) is 42.1 Å². The molecule has 92 valence electrons. The zero-order valence-corrected chi connectivity index (χ0v) is 11.7. The van der Waals surface area contributed by atoms with Gasteiger partial charge in [-0.15, -0.1) is 0 Å². The third-order valence-corrected chi connectivity index (χ3v) is 3.87. The first-order valence-corrected chi connectivity index (χ1v) is 6.61. The predicted octanol–water partition coefficient (Wildman–Crippen LogP) is 4.40. The van der Waals surface area contributed by atoms with Gasteiger partial charge in [0.05, 0.1) is 0 Å². The highest BCUT2D eigenvalue weighted by molar-refractivity contribution is 6.34. The number of halogens is 2. The molecule has 17 heavy (non-hydrogen) atoms. The molecule has 0 radical (unpaired) electrons. The molecular formula is C14H17Cl2N. The molecule has 0 amide bonds. The fourth-order valence-corrected chi connectivity index (χ4v) is 2.51. The molecule has 1 heterocycles. The fourth-order valence-electron chi connectivity index (χ4n) is 2.16. The zero-order valence-electron chi connectivity index (χ0n) is 10.2. The van der Waals surface area contributed by atoms with Crippen LogP contribution in [0.3, 0.4) is 0 Å². The Bertz CT molecular complexity index is 450. The first-order valence-electron chi connectivity index (χ1n) is 5.86. The molecule has 1 nitrogen and oxygen atoms in total. The number of hydrogen-bond donors (Lipinski definition) is 1. The maximum atomic E-state index is 6.19. The van der Waals surface area contributed by atoms with E-state index in [-0.39, 0.29) is 5.41 Å². The number of hydrogen-bond acceptors (Lipinski definition) is 1. The Kier molecular flexibility index (Phi) is 3.82. The Morgan fingerprint density at radius 3 is 2.76 bits per heavy atom. The van der Waals surface area contributed by atoms with Gasteiger partial charge in [-0.2, -0.15) is 0 Å². The van der Waals surface area contributed by atoms with E-state index in [2.05, 4.69) is 25.2 Å². The molecule has 1 aromatic rings. The van der Waals surface area contributed by atoms with Crippen LogP contribution in [0.1, 0.15) is 25.8 Å². The van der Waals surface area contributed by atoms with E-state index in [4.69, 9.17) is 23.2 Å². The minimum atomic E-state index is 0.184. The van der Waals surface area contributed by atoms with Gasteiger partial charge in [-0.25, -0.2) is 0 Å². The maximum absolute atomic E-state index is 6.19. The van der Waals surface area contributed by atoms with Gasteiger partial charge in [0.15, 0.2) is 0 Å². The van der Waals surface area contributed by atoms with Crippen molar-refractivity contribution in [3.05, 3.63) is 39.4 Å². The van der Waals surface area contributed by atoms with Crippen LogP contribution < -0.4 is 5.32 Å². The standard InChI is InChI=1S/C14H17Cl2N/c1-14(2)9-17-6-5-11(14)7-10-8-12(15)3-4-13(10)16/h3-4,7-8,17H,5-6,9H2,1-2H3/b11-7+. The van der Waals surface area contributed by atoms with Crippen molar-refractivity contribution in [1.82, 2.24) is 5.32 Å². The average molecular weight is 270 g/mol. The van der Waals surface area contributed by atoms with Crippen molar-refractivity contribution in [2.45, 2.75) is 20.3 Å². The van der Waals surface area contributed by atoms with Crippen LogP contribution in [0.4, 0.5) is 0 Å². The molecule has 1 fully saturated rings. The Balaban J connectivity index is 2.37. The van der Waals surface area contributed by atoms with Crippen molar-refractivity contribution >= 4 is 29.3 Å². The summed E-state index contributed by atoms with van der Waals surface area (Å²) in [5.41, 5.74) is 2.63. The summed E-state index contributed by atoms with van der Waals surface area (Å²) in [5.74, 6) is 0. The molecule has 1 aliphatic heterocycles. The third-order valence-electron chi connectivity index (χ3n) is 3.30. The van der Waals surface area contributed by atoms with Crippen LogP contribution in [0.5, 0.6) is 0 Å². The lowest BCUT2D eigenvalue weighted by atomic mass is 9.79. The van der Waals surface area contributed by atoms with Crippen LogP contribution in [0.15, 0.2) is 23.8 Å². The summed E-state index contributed by atoms with van der Waals surface area (Å²) in [6.45, 7) is 6.55. The van der Waals surface area contributed by atoms with Crippen molar-refractivity contribution < 1.29 is 0 Å². The Labute approximate surface area is 113 Å². The van der Waals surface area contributed by atoms with Crippen LogP contribution in [0.25, 0.3) is 6.08 Å². The minimum absolute atomic E-state index is 0.184. The number of rotatable bonds is 1. The van der Waals surface area contributed by atoms with E-state index in [9.17, 15) is 0 Å². The normalized spacial score (nSPS) is 21.8. The SMILES string of the molecule is CC1(C)CNCC/C1=C\c1cc(Cl)ccc1Cl. The molecule has 0 aliphatic carbocycles. The highest BCUT2D eigenvalue weighted by Gasteiger charge is 2.26. The minimum Gasteiger partial charge on any atom is -0.316 e. The second-order valence-electron chi connectivity index (χ2n) is 5.15. The summed E-state index contributed by atoms with van der Waals surface area (Å²) < 4.78 is 0. The summed E-state index contributed by atoms with van der Waals surface area (Å²) in [6.07, 6.45) is 3.25. The fraction of sp³-hybridized carbons (Fsp3) is 0.429. The van der Waals surface area contributed by atoms with Crippen LogP contribution in [-0.2, 0) is 0 Å². The summed E-state index contributed by atoms with van der Waals surface area (Å²) in [4.78, 5) is 0. The largest absolute Gasteiger partial charge is 0.316 e. The lowest BCUT2D eigenvalue weighted by Gasteiger charge is -2.33. The first kappa shape index (κ1) is 12.9. The van der Waals surface area contributed by atoms with Crippen molar-refractivity contribution in [3.63, 3.8) is 0 Å². The molecule has 1 saturated heterocycles. The Morgan fingerprint density at radius 2 is 2.06 bits per heavy atom. The van der Waals surface area contributed by atoms with Gasteiger partial charge >= 0.3 is 0 Å². The van der Waals surface area contributed by atoms with Crippen LogP contribution in [0, 0.1) is 5.41 Å². The number of benzene rings is 1. The quantitative estimate of drug-likeness (QED) is 0.797. The molecule has 0 atom stereocenters. The first-order chi connectivity index (χ1) is 7.99. The van der Waals surface area contributed by atoms with Gasteiger partial charge < -0.3 is 5.32 Å².